The molecule has 1 aliphatic heterocycles. The molecule has 0 aromatic carbocycles. The molecule has 0 radical (unpaired) electrons. The summed E-state index contributed by atoms with van der Waals surface area (Å²) in [5.74, 6) is 0.843. The average Bonchev–Trinajstić information content (AvgIpc) is 2.74. The molecule has 19 heavy (non-hydrogen) atoms. The molecule has 1 saturated heterocycles. The number of rotatable bonds is 3. The molecule has 4 nitrogen and oxygen atoms in total. The molecular weight excluding hydrogens is 240 g/mol. The van der Waals surface area contributed by atoms with Gasteiger partial charge in [0.15, 0.2) is 0 Å². The number of hydrogen-bond acceptors (Lipinski definition) is 2. The summed E-state index contributed by atoms with van der Waals surface area (Å²) in [6.45, 7) is 6.86. The van der Waals surface area contributed by atoms with E-state index in [0.29, 0.717) is 19.0 Å². The van der Waals surface area contributed by atoms with Crippen molar-refractivity contribution in [3.8, 4) is 0 Å². The van der Waals surface area contributed by atoms with Gasteiger partial charge in [0.2, 0.25) is 11.8 Å². The second kappa shape index (κ2) is 5.93. The van der Waals surface area contributed by atoms with Gasteiger partial charge < -0.3 is 10.2 Å². The molecule has 4 heteroatoms. The van der Waals surface area contributed by atoms with Crippen LogP contribution >= 0.6 is 0 Å². The van der Waals surface area contributed by atoms with E-state index in [-0.39, 0.29) is 23.8 Å². The van der Waals surface area contributed by atoms with Gasteiger partial charge in [-0.1, -0.05) is 6.92 Å². The zero-order valence-electron chi connectivity index (χ0n) is 12.3. The topological polar surface area (TPSA) is 49.4 Å². The van der Waals surface area contributed by atoms with Crippen LogP contribution in [-0.4, -0.2) is 35.3 Å². The molecule has 2 rings (SSSR count). The highest BCUT2D eigenvalue weighted by Gasteiger charge is 2.36. The van der Waals surface area contributed by atoms with Gasteiger partial charge in [0.25, 0.3) is 0 Å². The Morgan fingerprint density at radius 3 is 2.42 bits per heavy atom. The van der Waals surface area contributed by atoms with Crippen LogP contribution in [0, 0.1) is 11.8 Å². The standard InChI is InChI=1S/C15H26N2O2/c1-10(2)17-9-12(8-14(17)18)15(19)16-13-6-4-11(3)5-7-13/h10-13H,4-9H2,1-3H3,(H,16,19)/t11?,12-,13?/m1/s1. The minimum Gasteiger partial charge on any atom is -0.353 e. The lowest BCUT2D eigenvalue weighted by molar-refractivity contribution is -0.130. The Morgan fingerprint density at radius 2 is 1.89 bits per heavy atom. The minimum absolute atomic E-state index is 0.0797. The van der Waals surface area contributed by atoms with Crippen molar-refractivity contribution in [1.82, 2.24) is 10.2 Å². The van der Waals surface area contributed by atoms with Crippen molar-refractivity contribution in [1.29, 1.82) is 0 Å². The first-order valence-corrected chi connectivity index (χ1v) is 7.57. The first kappa shape index (κ1) is 14.4. The van der Waals surface area contributed by atoms with Gasteiger partial charge in [-0.3, -0.25) is 9.59 Å². The largest absolute Gasteiger partial charge is 0.353 e. The Hall–Kier alpha value is -1.06. The van der Waals surface area contributed by atoms with Crippen LogP contribution < -0.4 is 5.32 Å². The predicted octanol–water partition coefficient (Wildman–Crippen LogP) is 1.94. The van der Waals surface area contributed by atoms with Gasteiger partial charge in [0.1, 0.15) is 0 Å². The normalized spacial score (nSPS) is 31.9. The maximum atomic E-state index is 12.2. The lowest BCUT2D eigenvalue weighted by Gasteiger charge is -2.28. The fraction of sp³-hybridized carbons (Fsp3) is 0.867. The predicted molar refractivity (Wildman–Crippen MR) is 74.5 cm³/mol. The lowest BCUT2D eigenvalue weighted by atomic mass is 9.87. The van der Waals surface area contributed by atoms with Crippen molar-refractivity contribution < 1.29 is 9.59 Å². The smallest absolute Gasteiger partial charge is 0.225 e. The molecule has 0 aromatic rings. The number of nitrogens with zero attached hydrogens (tertiary/aromatic N) is 1. The molecule has 1 aliphatic carbocycles. The van der Waals surface area contributed by atoms with Crippen LogP contribution in [-0.2, 0) is 9.59 Å². The highest BCUT2D eigenvalue weighted by molar-refractivity contribution is 5.89. The first-order valence-electron chi connectivity index (χ1n) is 7.57. The number of likely N-dealkylation sites (tertiary alicyclic amines) is 1. The molecule has 0 bridgehead atoms. The molecule has 0 aromatic heterocycles. The fourth-order valence-corrected chi connectivity index (χ4v) is 3.13. The highest BCUT2D eigenvalue weighted by Crippen LogP contribution is 2.25. The third kappa shape index (κ3) is 3.48. The lowest BCUT2D eigenvalue weighted by Crippen LogP contribution is -2.42. The molecule has 0 spiro atoms. The van der Waals surface area contributed by atoms with E-state index >= 15 is 0 Å². The first-order chi connectivity index (χ1) is 8.97. The maximum absolute atomic E-state index is 12.2. The third-order valence-electron chi connectivity index (χ3n) is 4.51. The van der Waals surface area contributed by atoms with E-state index in [1.807, 2.05) is 18.7 Å². The molecule has 108 valence electrons. The van der Waals surface area contributed by atoms with Crippen molar-refractivity contribution in [2.45, 2.75) is 65.0 Å². The molecule has 1 atom stereocenters. The quantitative estimate of drug-likeness (QED) is 0.848. The van der Waals surface area contributed by atoms with Crippen molar-refractivity contribution in [3.63, 3.8) is 0 Å². The summed E-state index contributed by atoms with van der Waals surface area (Å²) >= 11 is 0. The maximum Gasteiger partial charge on any atom is 0.225 e. The average molecular weight is 266 g/mol. The van der Waals surface area contributed by atoms with Crippen LogP contribution in [0.4, 0.5) is 0 Å². The third-order valence-corrected chi connectivity index (χ3v) is 4.51. The molecule has 1 saturated carbocycles. The molecule has 2 amide bonds. The van der Waals surface area contributed by atoms with Gasteiger partial charge in [-0.05, 0) is 45.4 Å². The Morgan fingerprint density at radius 1 is 1.26 bits per heavy atom. The molecule has 2 aliphatic rings. The van der Waals surface area contributed by atoms with Gasteiger partial charge in [-0.2, -0.15) is 0 Å². The number of amides is 2. The molecule has 1 N–H and O–H groups in total. The monoisotopic (exact) mass is 266 g/mol. The zero-order chi connectivity index (χ0) is 14.0. The SMILES string of the molecule is CC1CCC(NC(=O)[C@@H]2CC(=O)N(C(C)C)C2)CC1. The molecular formula is C15H26N2O2. The molecule has 0 unspecified atom stereocenters. The molecule has 2 fully saturated rings. The van der Waals surface area contributed by atoms with E-state index < -0.39 is 0 Å². The van der Waals surface area contributed by atoms with Crippen LogP contribution in [0.2, 0.25) is 0 Å². The highest BCUT2D eigenvalue weighted by atomic mass is 16.2. The van der Waals surface area contributed by atoms with Gasteiger partial charge in [0.05, 0.1) is 5.92 Å². The van der Waals surface area contributed by atoms with Crippen molar-refractivity contribution in [2.24, 2.45) is 11.8 Å². The summed E-state index contributed by atoms with van der Waals surface area (Å²) in [7, 11) is 0. The van der Waals surface area contributed by atoms with E-state index in [1.54, 1.807) is 0 Å². The summed E-state index contributed by atoms with van der Waals surface area (Å²) in [4.78, 5) is 25.8. The summed E-state index contributed by atoms with van der Waals surface area (Å²) in [6, 6.07) is 0.521. The number of hydrogen-bond donors (Lipinski definition) is 1. The van der Waals surface area contributed by atoms with E-state index in [9.17, 15) is 9.59 Å². The molecule has 1 heterocycles. The van der Waals surface area contributed by atoms with Gasteiger partial charge in [0, 0.05) is 25.0 Å². The Labute approximate surface area is 115 Å². The van der Waals surface area contributed by atoms with Gasteiger partial charge in [-0.15, -0.1) is 0 Å². The van der Waals surface area contributed by atoms with Crippen LogP contribution in [0.1, 0.15) is 52.9 Å². The van der Waals surface area contributed by atoms with Crippen LogP contribution in [0.5, 0.6) is 0 Å². The summed E-state index contributed by atoms with van der Waals surface area (Å²) < 4.78 is 0. The van der Waals surface area contributed by atoms with Crippen molar-refractivity contribution in [2.75, 3.05) is 6.54 Å². The number of carbonyl (C=O) groups is 2. The zero-order valence-corrected chi connectivity index (χ0v) is 12.3. The Balaban J connectivity index is 1.83. The minimum atomic E-state index is -0.144. The van der Waals surface area contributed by atoms with Gasteiger partial charge >= 0.3 is 0 Å². The van der Waals surface area contributed by atoms with Gasteiger partial charge in [-0.25, -0.2) is 0 Å². The van der Waals surface area contributed by atoms with Crippen LogP contribution in [0.25, 0.3) is 0 Å². The van der Waals surface area contributed by atoms with E-state index in [0.717, 1.165) is 18.8 Å². The fourth-order valence-electron chi connectivity index (χ4n) is 3.13. The number of nitrogens with one attached hydrogen (secondary N) is 1. The van der Waals surface area contributed by atoms with E-state index in [1.165, 1.54) is 12.8 Å². The second-order valence-corrected chi connectivity index (χ2v) is 6.51. The van der Waals surface area contributed by atoms with E-state index in [2.05, 4.69) is 12.2 Å². The Kier molecular flexibility index (Phi) is 4.48. The second-order valence-electron chi connectivity index (χ2n) is 6.51. The van der Waals surface area contributed by atoms with Crippen LogP contribution in [0.3, 0.4) is 0 Å². The van der Waals surface area contributed by atoms with E-state index in [4.69, 9.17) is 0 Å². The summed E-state index contributed by atoms with van der Waals surface area (Å²) in [5, 5.41) is 3.14. The summed E-state index contributed by atoms with van der Waals surface area (Å²) in [6.07, 6.45) is 4.95. The number of carbonyl (C=O) groups excluding carboxylic acids is 2. The van der Waals surface area contributed by atoms with Crippen molar-refractivity contribution in [3.05, 3.63) is 0 Å². The van der Waals surface area contributed by atoms with Crippen molar-refractivity contribution >= 4 is 11.8 Å². The van der Waals surface area contributed by atoms with Crippen LogP contribution in [0.15, 0.2) is 0 Å². The summed E-state index contributed by atoms with van der Waals surface area (Å²) in [5.41, 5.74) is 0. The Bertz CT molecular complexity index is 346.